The van der Waals surface area contributed by atoms with Gasteiger partial charge in [0.1, 0.15) is 4.90 Å². The third-order valence-electron chi connectivity index (χ3n) is 3.73. The molecule has 7 heteroatoms. The van der Waals surface area contributed by atoms with Gasteiger partial charge in [-0.3, -0.25) is 0 Å². The first-order valence-electron chi connectivity index (χ1n) is 6.99. The summed E-state index contributed by atoms with van der Waals surface area (Å²) in [4.78, 5) is 2.34. The number of sulfonamides is 1. The summed E-state index contributed by atoms with van der Waals surface area (Å²) in [5, 5.41) is 3.30. The minimum atomic E-state index is -3.56. The molecular formula is C14H22ClN3O2S. The first-order chi connectivity index (χ1) is 9.86. The second-order valence-corrected chi connectivity index (χ2v) is 7.79. The van der Waals surface area contributed by atoms with Gasteiger partial charge in [0.25, 0.3) is 0 Å². The van der Waals surface area contributed by atoms with Crippen LogP contribution in [0.4, 0.5) is 0 Å². The van der Waals surface area contributed by atoms with Crippen LogP contribution in [0.15, 0.2) is 23.1 Å². The summed E-state index contributed by atoms with van der Waals surface area (Å²) in [5.74, 6) is 0. The molecule has 1 N–H and O–H groups in total. The monoisotopic (exact) mass is 331 g/mol. The quantitative estimate of drug-likeness (QED) is 0.905. The molecule has 0 radical (unpaired) electrons. The van der Waals surface area contributed by atoms with Crippen LogP contribution < -0.4 is 5.32 Å². The minimum Gasteiger partial charge on any atom is -0.316 e. The number of hydrogen-bond acceptors (Lipinski definition) is 4. The minimum absolute atomic E-state index is 0.0576. The molecule has 1 fully saturated rings. The van der Waals surface area contributed by atoms with Crippen molar-refractivity contribution in [2.24, 2.45) is 0 Å². The highest BCUT2D eigenvalue weighted by molar-refractivity contribution is 7.89. The Bertz CT molecular complexity index is 606. The number of nitrogens with zero attached hydrogens (tertiary/aromatic N) is 2. The van der Waals surface area contributed by atoms with E-state index in [1.807, 2.05) is 27.1 Å². The van der Waals surface area contributed by atoms with Crippen molar-refractivity contribution >= 4 is 21.6 Å². The molecule has 1 saturated heterocycles. The van der Waals surface area contributed by atoms with Crippen LogP contribution in [0.3, 0.4) is 0 Å². The van der Waals surface area contributed by atoms with E-state index >= 15 is 0 Å². The molecule has 1 atom stereocenters. The molecule has 0 aromatic heterocycles. The van der Waals surface area contributed by atoms with Crippen molar-refractivity contribution in [3.8, 4) is 0 Å². The van der Waals surface area contributed by atoms with Gasteiger partial charge >= 0.3 is 0 Å². The Morgan fingerprint density at radius 3 is 2.71 bits per heavy atom. The first kappa shape index (κ1) is 16.7. The summed E-state index contributed by atoms with van der Waals surface area (Å²) in [5.41, 5.74) is 0.905. The number of hydrogen-bond donors (Lipinski definition) is 1. The largest absolute Gasteiger partial charge is 0.316 e. The van der Waals surface area contributed by atoms with Gasteiger partial charge in [0.15, 0.2) is 0 Å². The molecule has 2 rings (SSSR count). The van der Waals surface area contributed by atoms with Crippen molar-refractivity contribution < 1.29 is 8.42 Å². The molecular weight excluding hydrogens is 310 g/mol. The normalized spacial score (nSPS) is 21.6. The number of piperazine rings is 1. The van der Waals surface area contributed by atoms with Gasteiger partial charge in [-0.25, -0.2) is 8.42 Å². The number of likely N-dealkylation sites (N-methyl/N-ethyl adjacent to an activating group) is 1. The lowest BCUT2D eigenvalue weighted by atomic mass is 10.2. The van der Waals surface area contributed by atoms with E-state index in [1.165, 1.54) is 0 Å². The topological polar surface area (TPSA) is 52.7 Å². The number of rotatable bonds is 4. The molecule has 21 heavy (non-hydrogen) atoms. The van der Waals surface area contributed by atoms with Crippen LogP contribution in [0.2, 0.25) is 5.02 Å². The molecule has 1 aromatic carbocycles. The van der Waals surface area contributed by atoms with Crippen LogP contribution in [-0.2, 0) is 16.6 Å². The molecule has 0 amide bonds. The molecule has 0 spiro atoms. The number of benzene rings is 1. The van der Waals surface area contributed by atoms with Crippen LogP contribution in [0, 0.1) is 0 Å². The summed E-state index contributed by atoms with van der Waals surface area (Å²) >= 11 is 6.14. The van der Waals surface area contributed by atoms with Crippen LogP contribution in [-0.4, -0.2) is 57.4 Å². The first-order valence-corrected chi connectivity index (χ1v) is 8.81. The van der Waals surface area contributed by atoms with Crippen molar-refractivity contribution in [3.63, 3.8) is 0 Å². The van der Waals surface area contributed by atoms with Crippen molar-refractivity contribution in [3.05, 3.63) is 28.8 Å². The summed E-state index contributed by atoms with van der Waals surface area (Å²) in [6, 6.07) is 5.10. The number of nitrogens with one attached hydrogen (secondary N) is 1. The van der Waals surface area contributed by atoms with E-state index in [9.17, 15) is 8.42 Å². The van der Waals surface area contributed by atoms with Gasteiger partial charge in [-0.2, -0.15) is 4.31 Å². The van der Waals surface area contributed by atoms with E-state index in [0.29, 0.717) is 13.1 Å². The predicted molar refractivity (Wildman–Crippen MR) is 85.1 cm³/mol. The SMILES string of the molecule is CNCc1ccc(Cl)c(S(=O)(=O)N2CCN(C)CC2C)c1. The zero-order valence-electron chi connectivity index (χ0n) is 12.6. The van der Waals surface area contributed by atoms with Crippen LogP contribution >= 0.6 is 11.6 Å². The maximum atomic E-state index is 12.9. The lowest BCUT2D eigenvalue weighted by Crippen LogP contribution is -2.52. The zero-order chi connectivity index (χ0) is 15.6. The predicted octanol–water partition coefficient (Wildman–Crippen LogP) is 1.38. The van der Waals surface area contributed by atoms with Gasteiger partial charge in [-0.1, -0.05) is 17.7 Å². The molecule has 0 saturated carbocycles. The fraction of sp³-hybridized carbons (Fsp3) is 0.571. The zero-order valence-corrected chi connectivity index (χ0v) is 14.2. The highest BCUT2D eigenvalue weighted by Gasteiger charge is 2.33. The van der Waals surface area contributed by atoms with Crippen LogP contribution in [0.5, 0.6) is 0 Å². The molecule has 1 unspecified atom stereocenters. The Morgan fingerprint density at radius 2 is 2.10 bits per heavy atom. The fourth-order valence-corrected chi connectivity index (χ4v) is 4.81. The lowest BCUT2D eigenvalue weighted by molar-refractivity contribution is 0.170. The van der Waals surface area contributed by atoms with Crippen molar-refractivity contribution in [1.82, 2.24) is 14.5 Å². The van der Waals surface area contributed by atoms with Gasteiger partial charge in [-0.15, -0.1) is 0 Å². The molecule has 1 heterocycles. The summed E-state index contributed by atoms with van der Waals surface area (Å²) in [6.07, 6.45) is 0. The Balaban J connectivity index is 2.37. The Morgan fingerprint density at radius 1 is 1.38 bits per heavy atom. The average molecular weight is 332 g/mol. The average Bonchev–Trinajstić information content (AvgIpc) is 2.40. The van der Waals surface area contributed by atoms with E-state index in [-0.39, 0.29) is 16.0 Å². The fourth-order valence-electron chi connectivity index (χ4n) is 2.67. The van der Waals surface area contributed by atoms with Crippen molar-refractivity contribution in [2.45, 2.75) is 24.4 Å². The van der Waals surface area contributed by atoms with E-state index in [1.54, 1.807) is 16.4 Å². The molecule has 0 aliphatic carbocycles. The van der Waals surface area contributed by atoms with Crippen LogP contribution in [0.25, 0.3) is 0 Å². The van der Waals surface area contributed by atoms with Crippen molar-refractivity contribution in [1.29, 1.82) is 0 Å². The standard InChI is InChI=1S/C14H22ClN3O2S/c1-11-10-17(3)6-7-18(11)21(19,20)14-8-12(9-16-2)4-5-13(14)15/h4-5,8,11,16H,6-7,9-10H2,1-3H3. The highest BCUT2D eigenvalue weighted by Crippen LogP contribution is 2.28. The summed E-state index contributed by atoms with van der Waals surface area (Å²) in [6.45, 7) is 4.49. The maximum Gasteiger partial charge on any atom is 0.244 e. The van der Waals surface area contributed by atoms with E-state index < -0.39 is 10.0 Å². The number of halogens is 1. The van der Waals surface area contributed by atoms with Crippen LogP contribution in [0.1, 0.15) is 12.5 Å². The molecule has 1 aliphatic heterocycles. The smallest absolute Gasteiger partial charge is 0.244 e. The highest BCUT2D eigenvalue weighted by atomic mass is 35.5. The van der Waals surface area contributed by atoms with E-state index in [0.717, 1.165) is 18.7 Å². The van der Waals surface area contributed by atoms with Gasteiger partial charge in [0, 0.05) is 32.2 Å². The molecule has 1 aromatic rings. The Hall–Kier alpha value is -0.660. The molecule has 118 valence electrons. The van der Waals surface area contributed by atoms with Gasteiger partial charge in [0.2, 0.25) is 10.0 Å². The van der Waals surface area contributed by atoms with Gasteiger partial charge in [0.05, 0.1) is 5.02 Å². The molecule has 0 bridgehead atoms. The third kappa shape index (κ3) is 3.57. The summed E-state index contributed by atoms with van der Waals surface area (Å²) in [7, 11) is 0.267. The van der Waals surface area contributed by atoms with Gasteiger partial charge < -0.3 is 10.2 Å². The van der Waals surface area contributed by atoms with Gasteiger partial charge in [-0.05, 0) is 38.7 Å². The lowest BCUT2D eigenvalue weighted by Gasteiger charge is -2.37. The second kappa shape index (κ2) is 6.62. The molecule has 5 nitrogen and oxygen atoms in total. The van der Waals surface area contributed by atoms with E-state index in [4.69, 9.17) is 11.6 Å². The maximum absolute atomic E-state index is 12.9. The third-order valence-corrected chi connectivity index (χ3v) is 6.23. The Labute approximate surface area is 131 Å². The van der Waals surface area contributed by atoms with Crippen molar-refractivity contribution in [2.75, 3.05) is 33.7 Å². The second-order valence-electron chi connectivity index (χ2n) is 5.52. The Kier molecular flexibility index (Phi) is 5.27. The molecule has 1 aliphatic rings. The van der Waals surface area contributed by atoms with E-state index in [2.05, 4.69) is 10.2 Å². The summed E-state index contributed by atoms with van der Waals surface area (Å²) < 4.78 is 27.3.